The molecule has 1 aromatic rings. The molecule has 0 saturated heterocycles. The molecule has 0 fully saturated rings. The van der Waals surface area contributed by atoms with Gasteiger partial charge in [0.2, 0.25) is 10.0 Å². The van der Waals surface area contributed by atoms with Gasteiger partial charge in [-0.25, -0.2) is 13.1 Å². The monoisotopic (exact) mass is 256 g/mol. The van der Waals surface area contributed by atoms with E-state index in [1.807, 2.05) is 11.6 Å². The van der Waals surface area contributed by atoms with Crippen molar-refractivity contribution >= 4 is 16.0 Å². The molecule has 0 bridgehead atoms. The average Bonchev–Trinajstić information content (AvgIpc) is 2.20. The smallest absolute Gasteiger partial charge is 0.241 e. The Balaban J connectivity index is 3.15. The van der Waals surface area contributed by atoms with Crippen LogP contribution in [0, 0.1) is 20.8 Å². The van der Waals surface area contributed by atoms with Gasteiger partial charge >= 0.3 is 0 Å². The van der Waals surface area contributed by atoms with E-state index in [1.165, 1.54) is 6.07 Å². The third-order valence-electron chi connectivity index (χ3n) is 2.49. The fraction of sp³-hybridized carbons (Fsp3) is 0.364. The zero-order chi connectivity index (χ0) is 13.2. The highest BCUT2D eigenvalue weighted by molar-refractivity contribution is 7.89. The SMILES string of the molecule is Cc1cc(C)c(S(=O)(=O)NCC(=O)[O-])cc1C. The molecule has 5 nitrogen and oxygen atoms in total. The largest absolute Gasteiger partial charge is 0.549 e. The van der Waals surface area contributed by atoms with Crippen LogP contribution in [0.15, 0.2) is 17.0 Å². The molecule has 94 valence electrons. The molecule has 0 spiro atoms. The minimum absolute atomic E-state index is 0.0989. The highest BCUT2D eigenvalue weighted by Gasteiger charge is 2.17. The van der Waals surface area contributed by atoms with Crippen LogP contribution in [-0.2, 0) is 14.8 Å². The molecule has 6 heteroatoms. The summed E-state index contributed by atoms with van der Waals surface area (Å²) in [4.78, 5) is 10.3. The molecule has 1 rings (SSSR count). The van der Waals surface area contributed by atoms with E-state index in [1.54, 1.807) is 19.9 Å². The number of sulfonamides is 1. The molecule has 1 aromatic carbocycles. The Morgan fingerprint density at radius 3 is 2.24 bits per heavy atom. The molecule has 0 aliphatic heterocycles. The van der Waals surface area contributed by atoms with Crippen LogP contribution in [0.2, 0.25) is 0 Å². The molecule has 0 unspecified atom stereocenters. The van der Waals surface area contributed by atoms with Crippen LogP contribution in [0.3, 0.4) is 0 Å². The van der Waals surface area contributed by atoms with Crippen molar-refractivity contribution in [2.45, 2.75) is 25.7 Å². The molecule has 0 aromatic heterocycles. The lowest BCUT2D eigenvalue weighted by Gasteiger charge is -2.12. The van der Waals surface area contributed by atoms with E-state index < -0.39 is 22.5 Å². The lowest BCUT2D eigenvalue weighted by molar-refractivity contribution is -0.303. The van der Waals surface area contributed by atoms with Crippen molar-refractivity contribution in [3.63, 3.8) is 0 Å². The van der Waals surface area contributed by atoms with Crippen molar-refractivity contribution in [1.82, 2.24) is 4.72 Å². The van der Waals surface area contributed by atoms with Gasteiger partial charge in [-0.1, -0.05) is 6.07 Å². The summed E-state index contributed by atoms with van der Waals surface area (Å²) in [6.07, 6.45) is 0. The summed E-state index contributed by atoms with van der Waals surface area (Å²) < 4.78 is 25.6. The minimum Gasteiger partial charge on any atom is -0.549 e. The van der Waals surface area contributed by atoms with Crippen molar-refractivity contribution < 1.29 is 18.3 Å². The number of nitrogens with one attached hydrogen (secondary N) is 1. The van der Waals surface area contributed by atoms with E-state index in [4.69, 9.17) is 0 Å². The molecule has 0 aliphatic carbocycles. The van der Waals surface area contributed by atoms with Crippen molar-refractivity contribution in [3.8, 4) is 0 Å². The second-order valence-corrected chi connectivity index (χ2v) is 5.63. The minimum atomic E-state index is -3.80. The highest BCUT2D eigenvalue weighted by Crippen LogP contribution is 2.19. The molecular formula is C11H14NO4S-. The Hall–Kier alpha value is -1.40. The fourth-order valence-electron chi connectivity index (χ4n) is 1.46. The standard InChI is InChI=1S/C11H15NO4S/c1-7-4-9(3)10(5-8(7)2)17(15,16)12-6-11(13)14/h4-5,12H,6H2,1-3H3,(H,13,14)/p-1. The second-order valence-electron chi connectivity index (χ2n) is 3.90. The first-order valence-corrected chi connectivity index (χ1v) is 6.49. The van der Waals surface area contributed by atoms with Crippen molar-refractivity contribution in [1.29, 1.82) is 0 Å². The zero-order valence-electron chi connectivity index (χ0n) is 9.90. The van der Waals surface area contributed by atoms with Gasteiger partial charge in [0.05, 0.1) is 17.4 Å². The normalized spacial score (nSPS) is 11.5. The number of hydrogen-bond donors (Lipinski definition) is 1. The van der Waals surface area contributed by atoms with Crippen molar-refractivity contribution in [2.75, 3.05) is 6.54 Å². The number of aliphatic carboxylic acids is 1. The van der Waals surface area contributed by atoms with Gasteiger partial charge in [0, 0.05) is 0 Å². The first kappa shape index (κ1) is 13.7. The van der Waals surface area contributed by atoms with Gasteiger partial charge in [-0.05, 0) is 43.5 Å². The van der Waals surface area contributed by atoms with E-state index >= 15 is 0 Å². The Labute approximate surface area is 101 Å². The van der Waals surface area contributed by atoms with Crippen LogP contribution < -0.4 is 9.83 Å². The number of aryl methyl sites for hydroxylation is 3. The third kappa shape index (κ3) is 3.28. The third-order valence-corrected chi connectivity index (χ3v) is 4.03. The summed E-state index contributed by atoms with van der Waals surface area (Å²) in [5.41, 5.74) is 2.41. The average molecular weight is 256 g/mol. The number of hydrogen-bond acceptors (Lipinski definition) is 4. The van der Waals surface area contributed by atoms with Crippen LogP contribution in [0.5, 0.6) is 0 Å². The summed E-state index contributed by atoms with van der Waals surface area (Å²) in [6.45, 7) is 4.62. The summed E-state index contributed by atoms with van der Waals surface area (Å²) in [5.74, 6) is -1.46. The highest BCUT2D eigenvalue weighted by atomic mass is 32.2. The summed E-state index contributed by atoms with van der Waals surface area (Å²) in [7, 11) is -3.80. The second kappa shape index (κ2) is 4.85. The summed E-state index contributed by atoms with van der Waals surface area (Å²) in [5, 5.41) is 10.2. The van der Waals surface area contributed by atoms with Gasteiger partial charge in [-0.3, -0.25) is 0 Å². The quantitative estimate of drug-likeness (QED) is 0.797. The summed E-state index contributed by atoms with van der Waals surface area (Å²) in [6, 6.07) is 3.28. The Morgan fingerprint density at radius 2 is 1.71 bits per heavy atom. The van der Waals surface area contributed by atoms with E-state index in [-0.39, 0.29) is 4.90 Å². The van der Waals surface area contributed by atoms with Gasteiger partial charge < -0.3 is 9.90 Å². The van der Waals surface area contributed by atoms with Crippen LogP contribution in [0.25, 0.3) is 0 Å². The van der Waals surface area contributed by atoms with Gasteiger partial charge in [0.25, 0.3) is 0 Å². The van der Waals surface area contributed by atoms with E-state index in [9.17, 15) is 18.3 Å². The molecule has 0 saturated carbocycles. The molecule has 0 radical (unpaired) electrons. The van der Waals surface area contributed by atoms with Gasteiger partial charge in [-0.15, -0.1) is 0 Å². The molecular weight excluding hydrogens is 242 g/mol. The van der Waals surface area contributed by atoms with Gasteiger partial charge in [0.15, 0.2) is 0 Å². The van der Waals surface area contributed by atoms with Crippen LogP contribution in [0.1, 0.15) is 16.7 Å². The lowest BCUT2D eigenvalue weighted by Crippen LogP contribution is -2.37. The molecule has 17 heavy (non-hydrogen) atoms. The van der Waals surface area contributed by atoms with Gasteiger partial charge in [-0.2, -0.15) is 0 Å². The van der Waals surface area contributed by atoms with E-state index in [0.717, 1.165) is 11.1 Å². The molecule has 0 heterocycles. The number of carbonyl (C=O) groups excluding carboxylic acids is 1. The first-order valence-electron chi connectivity index (χ1n) is 5.01. The van der Waals surface area contributed by atoms with Crippen molar-refractivity contribution in [3.05, 3.63) is 28.8 Å². The molecule has 0 amide bonds. The number of carboxylic acid groups (broad SMARTS) is 1. The molecule has 0 aliphatic rings. The maximum atomic E-state index is 11.8. The Morgan fingerprint density at radius 1 is 1.18 bits per heavy atom. The molecule has 1 N–H and O–H groups in total. The number of carbonyl (C=O) groups is 1. The fourth-order valence-corrected chi connectivity index (χ4v) is 2.73. The predicted molar refractivity (Wildman–Crippen MR) is 60.8 cm³/mol. The number of benzene rings is 1. The van der Waals surface area contributed by atoms with Crippen LogP contribution in [0.4, 0.5) is 0 Å². The number of carboxylic acids is 1. The molecule has 0 atom stereocenters. The van der Waals surface area contributed by atoms with Crippen molar-refractivity contribution in [2.24, 2.45) is 0 Å². The number of rotatable bonds is 4. The summed E-state index contributed by atoms with van der Waals surface area (Å²) >= 11 is 0. The maximum absolute atomic E-state index is 11.8. The maximum Gasteiger partial charge on any atom is 0.241 e. The van der Waals surface area contributed by atoms with E-state index in [2.05, 4.69) is 0 Å². The first-order chi connectivity index (χ1) is 7.74. The predicted octanol–water partition coefficient (Wildman–Crippen LogP) is -0.360. The Bertz CT molecular complexity index is 549. The van der Waals surface area contributed by atoms with E-state index in [0.29, 0.717) is 5.56 Å². The lowest BCUT2D eigenvalue weighted by atomic mass is 10.1. The van der Waals surface area contributed by atoms with Gasteiger partial charge in [0.1, 0.15) is 0 Å². The zero-order valence-corrected chi connectivity index (χ0v) is 10.7. The Kier molecular flexibility index (Phi) is 3.90. The topological polar surface area (TPSA) is 86.3 Å². The van der Waals surface area contributed by atoms with Crippen LogP contribution >= 0.6 is 0 Å². The van der Waals surface area contributed by atoms with Crippen LogP contribution in [-0.4, -0.2) is 20.9 Å².